The van der Waals surface area contributed by atoms with Crippen LogP contribution in [0.4, 0.5) is 5.69 Å². The van der Waals surface area contributed by atoms with Crippen molar-refractivity contribution in [3.05, 3.63) is 40.1 Å². The zero-order valence-corrected chi connectivity index (χ0v) is 13.2. The van der Waals surface area contributed by atoms with Crippen LogP contribution in [-0.4, -0.2) is 20.2 Å². The fourth-order valence-corrected chi connectivity index (χ4v) is 2.64. The minimum Gasteiger partial charge on any atom is -0.497 e. The van der Waals surface area contributed by atoms with Crippen molar-refractivity contribution in [2.45, 2.75) is 13.5 Å². The molecule has 0 fully saturated rings. The molecule has 2 rings (SSSR count). The highest BCUT2D eigenvalue weighted by atomic mass is 32.1. The van der Waals surface area contributed by atoms with E-state index in [0.29, 0.717) is 18.3 Å². The van der Waals surface area contributed by atoms with E-state index in [2.05, 4.69) is 28.7 Å². The van der Waals surface area contributed by atoms with E-state index in [1.165, 1.54) is 10.4 Å². The maximum Gasteiger partial charge on any atom is 0.193 e. The van der Waals surface area contributed by atoms with E-state index in [0.717, 1.165) is 11.4 Å². The van der Waals surface area contributed by atoms with Crippen LogP contribution in [0.5, 0.6) is 11.5 Å². The Kier molecular flexibility index (Phi) is 5.05. The van der Waals surface area contributed by atoms with Gasteiger partial charge in [-0.2, -0.15) is 0 Å². The number of aliphatic imine (C=N–C) groups is 1. The van der Waals surface area contributed by atoms with Gasteiger partial charge in [-0.3, -0.25) is 0 Å². The van der Waals surface area contributed by atoms with Crippen molar-refractivity contribution in [1.29, 1.82) is 0 Å². The van der Waals surface area contributed by atoms with Crippen LogP contribution in [0.15, 0.2) is 34.6 Å². The molecule has 21 heavy (non-hydrogen) atoms. The van der Waals surface area contributed by atoms with E-state index in [1.807, 2.05) is 18.2 Å². The lowest BCUT2D eigenvalue weighted by Crippen LogP contribution is -2.23. The molecular formula is C15H19N3O2S. The summed E-state index contributed by atoms with van der Waals surface area (Å²) in [5.41, 5.74) is 7.89. The lowest BCUT2D eigenvalue weighted by Gasteiger charge is -2.12. The number of guanidine groups is 1. The van der Waals surface area contributed by atoms with Crippen LogP contribution < -0.4 is 20.5 Å². The van der Waals surface area contributed by atoms with Gasteiger partial charge in [0.1, 0.15) is 11.5 Å². The van der Waals surface area contributed by atoms with Crippen molar-refractivity contribution in [2.75, 3.05) is 19.5 Å². The van der Waals surface area contributed by atoms with Gasteiger partial charge in [0.2, 0.25) is 0 Å². The summed E-state index contributed by atoms with van der Waals surface area (Å²) in [4.78, 5) is 5.56. The van der Waals surface area contributed by atoms with E-state index in [-0.39, 0.29) is 0 Å². The van der Waals surface area contributed by atoms with Gasteiger partial charge >= 0.3 is 0 Å². The monoisotopic (exact) mass is 305 g/mol. The minimum absolute atomic E-state index is 0.342. The van der Waals surface area contributed by atoms with Crippen LogP contribution in [0.3, 0.4) is 0 Å². The molecule has 0 amide bonds. The molecular weight excluding hydrogens is 286 g/mol. The molecule has 1 aromatic carbocycles. The first kappa shape index (κ1) is 15.2. The van der Waals surface area contributed by atoms with E-state index in [9.17, 15) is 0 Å². The maximum absolute atomic E-state index is 5.93. The molecule has 1 heterocycles. The van der Waals surface area contributed by atoms with Crippen LogP contribution >= 0.6 is 11.3 Å². The maximum atomic E-state index is 5.93. The number of hydrogen-bond acceptors (Lipinski definition) is 4. The van der Waals surface area contributed by atoms with Gasteiger partial charge in [-0.1, -0.05) is 0 Å². The summed E-state index contributed by atoms with van der Waals surface area (Å²) < 4.78 is 10.5. The molecule has 3 N–H and O–H groups in total. The molecule has 0 radical (unpaired) electrons. The van der Waals surface area contributed by atoms with Crippen molar-refractivity contribution in [3.8, 4) is 11.5 Å². The Balaban J connectivity index is 2.11. The van der Waals surface area contributed by atoms with Crippen molar-refractivity contribution < 1.29 is 9.47 Å². The number of aryl methyl sites for hydroxylation is 1. The summed E-state index contributed by atoms with van der Waals surface area (Å²) >= 11 is 1.68. The summed E-state index contributed by atoms with van der Waals surface area (Å²) in [7, 11) is 3.22. The predicted octanol–water partition coefficient (Wildman–Crippen LogP) is 3.00. The lowest BCUT2D eigenvalue weighted by atomic mass is 10.2. The number of thiophene rings is 1. The number of benzene rings is 1. The minimum atomic E-state index is 0.342. The van der Waals surface area contributed by atoms with Crippen LogP contribution in [0.25, 0.3) is 0 Å². The molecule has 0 unspecified atom stereocenters. The zero-order chi connectivity index (χ0) is 15.2. The Bertz CT molecular complexity index is 638. The molecule has 0 spiro atoms. The molecule has 0 aliphatic rings. The van der Waals surface area contributed by atoms with Gasteiger partial charge in [0.15, 0.2) is 5.96 Å². The molecule has 0 aliphatic carbocycles. The fraction of sp³-hybridized carbons (Fsp3) is 0.267. The normalized spacial score (nSPS) is 11.3. The highest BCUT2D eigenvalue weighted by Gasteiger charge is 2.06. The number of ether oxygens (including phenoxy) is 2. The molecule has 112 valence electrons. The SMILES string of the molecule is COc1ccc(OC)c(NC(N)=NCc2sccc2C)c1. The highest BCUT2D eigenvalue weighted by molar-refractivity contribution is 7.10. The molecule has 5 nitrogen and oxygen atoms in total. The average molecular weight is 305 g/mol. The van der Waals surface area contributed by atoms with Gasteiger partial charge < -0.3 is 20.5 Å². The van der Waals surface area contributed by atoms with Crippen LogP contribution in [-0.2, 0) is 6.54 Å². The third-order valence-corrected chi connectivity index (χ3v) is 4.04. The molecule has 2 aromatic rings. The van der Waals surface area contributed by atoms with E-state index in [4.69, 9.17) is 15.2 Å². The molecule has 0 aliphatic heterocycles. The Morgan fingerprint density at radius 1 is 1.29 bits per heavy atom. The van der Waals surface area contributed by atoms with Crippen LogP contribution in [0.2, 0.25) is 0 Å². The molecule has 0 bridgehead atoms. The summed E-state index contributed by atoms with van der Waals surface area (Å²) in [6.45, 7) is 2.63. The van der Waals surface area contributed by atoms with Gasteiger partial charge in [-0.15, -0.1) is 11.3 Å². The van der Waals surface area contributed by atoms with Crippen LogP contribution in [0.1, 0.15) is 10.4 Å². The topological polar surface area (TPSA) is 68.9 Å². The highest BCUT2D eigenvalue weighted by Crippen LogP contribution is 2.28. The molecule has 1 aromatic heterocycles. The first-order chi connectivity index (χ1) is 10.1. The summed E-state index contributed by atoms with van der Waals surface area (Å²) in [6, 6.07) is 7.53. The number of nitrogens with zero attached hydrogens (tertiary/aromatic N) is 1. The van der Waals surface area contributed by atoms with Crippen molar-refractivity contribution in [3.63, 3.8) is 0 Å². The number of methoxy groups -OCH3 is 2. The van der Waals surface area contributed by atoms with Crippen molar-refractivity contribution in [2.24, 2.45) is 10.7 Å². The smallest absolute Gasteiger partial charge is 0.193 e. The third-order valence-electron chi connectivity index (χ3n) is 3.03. The summed E-state index contributed by atoms with van der Waals surface area (Å²) in [6.07, 6.45) is 0. The largest absolute Gasteiger partial charge is 0.497 e. The first-order valence-corrected chi connectivity index (χ1v) is 7.34. The first-order valence-electron chi connectivity index (χ1n) is 6.46. The molecule has 6 heteroatoms. The summed E-state index contributed by atoms with van der Waals surface area (Å²) in [5, 5.41) is 5.10. The quantitative estimate of drug-likeness (QED) is 0.658. The summed E-state index contributed by atoms with van der Waals surface area (Å²) in [5.74, 6) is 1.75. The predicted molar refractivity (Wildman–Crippen MR) is 87.6 cm³/mol. The second-order valence-electron chi connectivity index (χ2n) is 4.42. The van der Waals surface area contributed by atoms with E-state index < -0.39 is 0 Å². The van der Waals surface area contributed by atoms with Crippen molar-refractivity contribution >= 4 is 23.0 Å². The Labute approximate surface area is 128 Å². The standard InChI is InChI=1S/C15H19N3O2S/c1-10-6-7-21-14(10)9-17-15(16)18-12-8-11(19-2)4-5-13(12)20-3/h4-8H,9H2,1-3H3,(H3,16,17,18). The lowest BCUT2D eigenvalue weighted by molar-refractivity contribution is 0.405. The van der Waals surface area contributed by atoms with Gasteiger partial charge in [0.25, 0.3) is 0 Å². The fourth-order valence-electron chi connectivity index (χ4n) is 1.81. The number of hydrogen-bond donors (Lipinski definition) is 2. The van der Waals surface area contributed by atoms with E-state index >= 15 is 0 Å². The Morgan fingerprint density at radius 3 is 2.71 bits per heavy atom. The van der Waals surface area contributed by atoms with E-state index in [1.54, 1.807) is 25.6 Å². The Morgan fingerprint density at radius 2 is 2.10 bits per heavy atom. The zero-order valence-electron chi connectivity index (χ0n) is 12.3. The van der Waals surface area contributed by atoms with Gasteiger partial charge in [-0.25, -0.2) is 4.99 Å². The Hall–Kier alpha value is -2.21. The van der Waals surface area contributed by atoms with Gasteiger partial charge in [0.05, 0.1) is 26.5 Å². The number of anilines is 1. The second-order valence-corrected chi connectivity index (χ2v) is 5.42. The molecule has 0 atom stereocenters. The number of nitrogens with two attached hydrogens (primary N) is 1. The van der Waals surface area contributed by atoms with Gasteiger partial charge in [0, 0.05) is 10.9 Å². The molecule has 0 saturated carbocycles. The van der Waals surface area contributed by atoms with Crippen molar-refractivity contribution in [1.82, 2.24) is 0 Å². The third kappa shape index (κ3) is 3.88. The average Bonchev–Trinajstić information content (AvgIpc) is 2.90. The second kappa shape index (κ2) is 6.99. The molecule has 0 saturated heterocycles. The van der Waals surface area contributed by atoms with Gasteiger partial charge in [-0.05, 0) is 36.1 Å². The number of nitrogens with one attached hydrogen (secondary N) is 1. The number of rotatable bonds is 5. The van der Waals surface area contributed by atoms with Crippen LogP contribution in [0, 0.1) is 6.92 Å².